The number of carbonyl (C=O) groups excluding carboxylic acids is 1. The van der Waals surface area contributed by atoms with Crippen LogP contribution in [-0.4, -0.2) is 33.1 Å². The van der Waals surface area contributed by atoms with Crippen LogP contribution in [0.15, 0.2) is 36.9 Å². The summed E-state index contributed by atoms with van der Waals surface area (Å²) >= 11 is 0. The van der Waals surface area contributed by atoms with Crippen molar-refractivity contribution < 1.29 is 14.3 Å². The van der Waals surface area contributed by atoms with Crippen molar-refractivity contribution in [3.8, 4) is 11.1 Å². The van der Waals surface area contributed by atoms with E-state index in [1.807, 2.05) is 0 Å². The molecule has 1 aromatic carbocycles. The van der Waals surface area contributed by atoms with Crippen LogP contribution >= 0.6 is 0 Å². The maximum atomic E-state index is 14.2. The van der Waals surface area contributed by atoms with Gasteiger partial charge in [0.05, 0.1) is 17.7 Å². The quantitative estimate of drug-likeness (QED) is 0.908. The monoisotopic (exact) mass is 301 g/mol. The summed E-state index contributed by atoms with van der Waals surface area (Å²) in [7, 11) is 0. The SMILES string of the molecule is O=C(N[C@@H]1CCC[C@H]1O)c1ccc(-c2cncnc2)cc1F. The summed E-state index contributed by atoms with van der Waals surface area (Å²) < 4.78 is 14.2. The Balaban J connectivity index is 1.79. The lowest BCUT2D eigenvalue weighted by molar-refractivity contribution is 0.0869. The fourth-order valence-electron chi connectivity index (χ4n) is 2.68. The Morgan fingerprint density at radius 3 is 2.64 bits per heavy atom. The Morgan fingerprint density at radius 1 is 1.23 bits per heavy atom. The highest BCUT2D eigenvalue weighted by Gasteiger charge is 2.27. The highest BCUT2D eigenvalue weighted by Crippen LogP contribution is 2.22. The molecule has 0 bridgehead atoms. The third kappa shape index (κ3) is 2.96. The van der Waals surface area contributed by atoms with E-state index in [4.69, 9.17) is 0 Å². The number of aliphatic hydroxyl groups is 1. The molecule has 1 fully saturated rings. The van der Waals surface area contributed by atoms with Crippen molar-refractivity contribution in [1.82, 2.24) is 15.3 Å². The fourth-order valence-corrected chi connectivity index (χ4v) is 2.68. The number of nitrogens with zero attached hydrogens (tertiary/aromatic N) is 2. The number of aliphatic hydroxyl groups excluding tert-OH is 1. The lowest BCUT2D eigenvalue weighted by Crippen LogP contribution is -2.40. The number of carbonyl (C=O) groups is 1. The Labute approximate surface area is 127 Å². The molecule has 1 heterocycles. The summed E-state index contributed by atoms with van der Waals surface area (Å²) in [6.07, 6.45) is 6.25. The highest BCUT2D eigenvalue weighted by atomic mass is 19.1. The van der Waals surface area contributed by atoms with Crippen LogP contribution in [-0.2, 0) is 0 Å². The molecule has 1 aliphatic carbocycles. The van der Waals surface area contributed by atoms with Crippen molar-refractivity contribution in [2.75, 3.05) is 0 Å². The lowest BCUT2D eigenvalue weighted by atomic mass is 10.1. The minimum Gasteiger partial charge on any atom is -0.391 e. The molecule has 22 heavy (non-hydrogen) atoms. The number of amides is 1. The second-order valence-electron chi connectivity index (χ2n) is 5.40. The Kier molecular flexibility index (Phi) is 4.11. The number of halogens is 1. The van der Waals surface area contributed by atoms with Gasteiger partial charge in [0.15, 0.2) is 0 Å². The normalized spacial score (nSPS) is 20.8. The van der Waals surface area contributed by atoms with Gasteiger partial charge in [0.2, 0.25) is 0 Å². The zero-order valence-corrected chi connectivity index (χ0v) is 11.9. The van der Waals surface area contributed by atoms with E-state index in [0.29, 0.717) is 24.0 Å². The van der Waals surface area contributed by atoms with Crippen LogP contribution in [0.25, 0.3) is 11.1 Å². The average Bonchev–Trinajstić information content (AvgIpc) is 2.93. The largest absolute Gasteiger partial charge is 0.391 e. The maximum Gasteiger partial charge on any atom is 0.254 e. The number of aromatic nitrogens is 2. The van der Waals surface area contributed by atoms with Crippen molar-refractivity contribution in [3.63, 3.8) is 0 Å². The van der Waals surface area contributed by atoms with Crippen LogP contribution in [0.1, 0.15) is 29.6 Å². The van der Waals surface area contributed by atoms with Gasteiger partial charge < -0.3 is 10.4 Å². The zero-order chi connectivity index (χ0) is 15.5. The van der Waals surface area contributed by atoms with Crippen molar-refractivity contribution in [3.05, 3.63) is 48.3 Å². The number of benzene rings is 1. The molecule has 0 aliphatic heterocycles. The van der Waals surface area contributed by atoms with E-state index in [9.17, 15) is 14.3 Å². The van der Waals surface area contributed by atoms with Gasteiger partial charge in [-0.3, -0.25) is 4.79 Å². The maximum absolute atomic E-state index is 14.2. The van der Waals surface area contributed by atoms with Gasteiger partial charge in [-0.15, -0.1) is 0 Å². The van der Waals surface area contributed by atoms with Gasteiger partial charge in [-0.2, -0.15) is 0 Å². The van der Waals surface area contributed by atoms with Crippen molar-refractivity contribution in [2.24, 2.45) is 0 Å². The number of hydrogen-bond acceptors (Lipinski definition) is 4. The van der Waals surface area contributed by atoms with E-state index in [0.717, 1.165) is 6.42 Å². The first-order valence-electron chi connectivity index (χ1n) is 7.19. The standard InChI is InChI=1S/C16H16FN3O2/c17-13-6-10(11-7-18-9-19-8-11)4-5-12(13)16(22)20-14-2-1-3-15(14)21/h4-9,14-15,21H,1-3H2,(H,20,22)/t14-,15-/m1/s1. The van der Waals surface area contributed by atoms with Crippen molar-refractivity contribution in [1.29, 1.82) is 0 Å². The second kappa shape index (κ2) is 6.19. The van der Waals surface area contributed by atoms with Crippen molar-refractivity contribution in [2.45, 2.75) is 31.4 Å². The average molecular weight is 301 g/mol. The second-order valence-corrected chi connectivity index (χ2v) is 5.40. The molecule has 0 spiro atoms. The van der Waals surface area contributed by atoms with Gasteiger partial charge >= 0.3 is 0 Å². The first kappa shape index (κ1) is 14.6. The molecular weight excluding hydrogens is 285 g/mol. The van der Waals surface area contributed by atoms with Crippen LogP contribution in [0.4, 0.5) is 4.39 Å². The molecule has 6 heteroatoms. The summed E-state index contributed by atoms with van der Waals surface area (Å²) in [4.78, 5) is 19.9. The van der Waals surface area contributed by atoms with E-state index in [2.05, 4.69) is 15.3 Å². The van der Waals surface area contributed by atoms with Crippen molar-refractivity contribution >= 4 is 5.91 Å². The fraction of sp³-hybridized carbons (Fsp3) is 0.312. The predicted molar refractivity (Wildman–Crippen MR) is 78.5 cm³/mol. The summed E-state index contributed by atoms with van der Waals surface area (Å²) in [5.41, 5.74) is 1.26. The topological polar surface area (TPSA) is 75.1 Å². The molecule has 1 amide bonds. The smallest absolute Gasteiger partial charge is 0.254 e. The van der Waals surface area contributed by atoms with Gasteiger partial charge in [-0.25, -0.2) is 14.4 Å². The number of hydrogen-bond donors (Lipinski definition) is 2. The molecule has 114 valence electrons. The van der Waals surface area contributed by atoms with Crippen LogP contribution in [0.5, 0.6) is 0 Å². The molecule has 1 saturated carbocycles. The van der Waals surface area contributed by atoms with Gasteiger partial charge in [-0.1, -0.05) is 6.07 Å². The van der Waals surface area contributed by atoms with E-state index in [1.54, 1.807) is 18.5 Å². The highest BCUT2D eigenvalue weighted by molar-refractivity contribution is 5.95. The van der Waals surface area contributed by atoms with Gasteiger partial charge in [0.25, 0.3) is 5.91 Å². The predicted octanol–water partition coefficient (Wildman–Crippen LogP) is 1.93. The van der Waals surface area contributed by atoms with E-state index in [1.165, 1.54) is 18.5 Å². The van der Waals surface area contributed by atoms with Crippen LogP contribution < -0.4 is 5.32 Å². The molecule has 1 aliphatic rings. The Morgan fingerprint density at radius 2 is 2.00 bits per heavy atom. The van der Waals surface area contributed by atoms with Gasteiger partial charge in [0.1, 0.15) is 12.1 Å². The van der Waals surface area contributed by atoms with Crippen LogP contribution in [0.3, 0.4) is 0 Å². The molecule has 2 aromatic rings. The van der Waals surface area contributed by atoms with Gasteiger partial charge in [0, 0.05) is 18.0 Å². The summed E-state index contributed by atoms with van der Waals surface area (Å²) in [6.45, 7) is 0. The molecule has 0 radical (unpaired) electrons. The molecule has 5 nitrogen and oxygen atoms in total. The van der Waals surface area contributed by atoms with E-state index < -0.39 is 17.8 Å². The van der Waals surface area contributed by atoms with Crippen LogP contribution in [0.2, 0.25) is 0 Å². The minimum absolute atomic E-state index is 0.0281. The molecule has 0 unspecified atom stereocenters. The molecule has 0 saturated heterocycles. The first-order chi connectivity index (χ1) is 10.6. The molecule has 2 N–H and O–H groups in total. The first-order valence-corrected chi connectivity index (χ1v) is 7.19. The van der Waals surface area contributed by atoms with E-state index in [-0.39, 0.29) is 11.6 Å². The van der Waals surface area contributed by atoms with Crippen LogP contribution in [0, 0.1) is 5.82 Å². The third-order valence-electron chi connectivity index (χ3n) is 3.90. The number of rotatable bonds is 3. The van der Waals surface area contributed by atoms with Gasteiger partial charge in [-0.05, 0) is 37.0 Å². The Bertz CT molecular complexity index is 678. The summed E-state index contributed by atoms with van der Waals surface area (Å²) in [6, 6.07) is 4.09. The summed E-state index contributed by atoms with van der Waals surface area (Å²) in [5, 5.41) is 12.4. The van der Waals surface area contributed by atoms with E-state index >= 15 is 0 Å². The molecule has 2 atom stereocenters. The molecular formula is C16H16FN3O2. The Hall–Kier alpha value is -2.34. The lowest BCUT2D eigenvalue weighted by Gasteiger charge is -2.16. The third-order valence-corrected chi connectivity index (χ3v) is 3.90. The molecule has 1 aromatic heterocycles. The zero-order valence-electron chi connectivity index (χ0n) is 11.9. The number of nitrogens with one attached hydrogen (secondary N) is 1. The molecule has 3 rings (SSSR count). The summed E-state index contributed by atoms with van der Waals surface area (Å²) in [5.74, 6) is -1.11. The minimum atomic E-state index is -0.605.